The molecule has 112 valence electrons. The second-order valence-electron chi connectivity index (χ2n) is 4.87. The number of aryl methyl sites for hydroxylation is 2. The Labute approximate surface area is 123 Å². The zero-order valence-corrected chi connectivity index (χ0v) is 12.8. The number of aromatic nitrogens is 3. The smallest absolute Gasteiger partial charge is 0.330 e. The number of nitrogens with one attached hydrogen (secondary N) is 1. The standard InChI is InChI=1S/C15H20N4O2/c1-5-18-12-7-8-13(16-10(3)9-11(4)20)17-14(12)19(6-2)15(18)21/h7-9H,5-6H2,1-4H3,(H,16,17). The van der Waals surface area contributed by atoms with Crippen LogP contribution in [0.1, 0.15) is 27.7 Å². The van der Waals surface area contributed by atoms with Gasteiger partial charge in [-0.15, -0.1) is 0 Å². The first-order valence-electron chi connectivity index (χ1n) is 7.03. The first-order chi connectivity index (χ1) is 9.97. The summed E-state index contributed by atoms with van der Waals surface area (Å²) in [6.45, 7) is 8.34. The highest BCUT2D eigenvalue weighted by Gasteiger charge is 2.12. The van der Waals surface area contributed by atoms with Crippen LogP contribution < -0.4 is 11.0 Å². The summed E-state index contributed by atoms with van der Waals surface area (Å²) >= 11 is 0. The maximum Gasteiger partial charge on any atom is 0.330 e. The molecule has 0 atom stereocenters. The van der Waals surface area contributed by atoms with Crippen molar-refractivity contribution >= 4 is 22.8 Å². The van der Waals surface area contributed by atoms with Crippen LogP contribution in [-0.2, 0) is 17.9 Å². The molecule has 0 fully saturated rings. The van der Waals surface area contributed by atoms with Crippen LogP contribution in [0.25, 0.3) is 11.2 Å². The predicted octanol–water partition coefficient (Wildman–Crippen LogP) is 2.14. The number of allylic oxidation sites excluding steroid dienone is 2. The second-order valence-corrected chi connectivity index (χ2v) is 4.87. The Balaban J connectivity index is 2.51. The molecule has 2 heterocycles. The largest absolute Gasteiger partial charge is 0.344 e. The summed E-state index contributed by atoms with van der Waals surface area (Å²) in [7, 11) is 0. The van der Waals surface area contributed by atoms with Crippen molar-refractivity contribution in [3.63, 3.8) is 0 Å². The van der Waals surface area contributed by atoms with E-state index in [-0.39, 0.29) is 11.5 Å². The molecule has 0 aliphatic rings. The average molecular weight is 288 g/mol. The highest BCUT2D eigenvalue weighted by atomic mass is 16.1. The Morgan fingerprint density at radius 1 is 1.24 bits per heavy atom. The van der Waals surface area contributed by atoms with Crippen LogP contribution in [0, 0.1) is 0 Å². The Morgan fingerprint density at radius 2 is 1.90 bits per heavy atom. The molecule has 2 rings (SSSR count). The first-order valence-corrected chi connectivity index (χ1v) is 7.03. The third-order valence-corrected chi connectivity index (χ3v) is 3.24. The monoisotopic (exact) mass is 288 g/mol. The minimum absolute atomic E-state index is 0.0244. The maximum atomic E-state index is 12.2. The van der Waals surface area contributed by atoms with E-state index in [9.17, 15) is 9.59 Å². The molecular weight excluding hydrogens is 268 g/mol. The summed E-state index contributed by atoms with van der Waals surface area (Å²) < 4.78 is 3.35. The summed E-state index contributed by atoms with van der Waals surface area (Å²) in [5, 5.41) is 3.07. The number of fused-ring (bicyclic) bond motifs is 1. The minimum atomic E-state index is -0.0457. The highest BCUT2D eigenvalue weighted by Crippen LogP contribution is 2.16. The predicted molar refractivity (Wildman–Crippen MR) is 83.4 cm³/mol. The van der Waals surface area contributed by atoms with Gasteiger partial charge in [0, 0.05) is 18.8 Å². The van der Waals surface area contributed by atoms with Crippen LogP contribution in [-0.4, -0.2) is 19.9 Å². The lowest BCUT2D eigenvalue weighted by molar-refractivity contribution is -0.112. The first kappa shape index (κ1) is 15.0. The van der Waals surface area contributed by atoms with Crippen molar-refractivity contribution in [2.75, 3.05) is 5.32 Å². The Morgan fingerprint density at radius 3 is 2.48 bits per heavy atom. The van der Waals surface area contributed by atoms with Gasteiger partial charge in [-0.05, 0) is 45.9 Å². The van der Waals surface area contributed by atoms with Gasteiger partial charge < -0.3 is 5.32 Å². The fourth-order valence-corrected chi connectivity index (χ4v) is 2.39. The number of pyridine rings is 1. The van der Waals surface area contributed by atoms with Crippen molar-refractivity contribution < 1.29 is 4.79 Å². The molecule has 0 aliphatic heterocycles. The number of ketones is 1. The summed E-state index contributed by atoms with van der Waals surface area (Å²) in [5.41, 5.74) is 2.15. The van der Waals surface area contributed by atoms with Gasteiger partial charge >= 0.3 is 5.69 Å². The number of imidazole rings is 1. The molecule has 0 amide bonds. The number of nitrogens with zero attached hydrogens (tertiary/aromatic N) is 3. The summed E-state index contributed by atoms with van der Waals surface area (Å²) in [6.07, 6.45) is 1.51. The van der Waals surface area contributed by atoms with E-state index in [0.717, 1.165) is 11.2 Å². The minimum Gasteiger partial charge on any atom is -0.344 e. The van der Waals surface area contributed by atoms with Gasteiger partial charge in [0.2, 0.25) is 0 Å². The van der Waals surface area contributed by atoms with E-state index in [4.69, 9.17) is 0 Å². The summed E-state index contributed by atoms with van der Waals surface area (Å²) in [5.74, 6) is 0.594. The number of hydrogen-bond acceptors (Lipinski definition) is 4. The van der Waals surface area contributed by atoms with E-state index in [1.165, 1.54) is 13.0 Å². The van der Waals surface area contributed by atoms with Crippen LogP contribution in [0.2, 0.25) is 0 Å². The van der Waals surface area contributed by atoms with E-state index in [2.05, 4.69) is 10.3 Å². The van der Waals surface area contributed by atoms with Gasteiger partial charge in [0.25, 0.3) is 0 Å². The molecule has 0 saturated heterocycles. The van der Waals surface area contributed by atoms with Gasteiger partial charge in [0.1, 0.15) is 5.82 Å². The fraction of sp³-hybridized carbons (Fsp3) is 0.400. The van der Waals surface area contributed by atoms with Gasteiger partial charge in [-0.1, -0.05) is 0 Å². The number of carbonyl (C=O) groups excluding carboxylic acids is 1. The molecule has 0 aliphatic carbocycles. The van der Waals surface area contributed by atoms with Crippen LogP contribution in [0.15, 0.2) is 28.7 Å². The Bertz CT molecular complexity index is 768. The van der Waals surface area contributed by atoms with Crippen LogP contribution in [0.4, 0.5) is 5.82 Å². The van der Waals surface area contributed by atoms with Crippen LogP contribution in [0.3, 0.4) is 0 Å². The zero-order chi connectivity index (χ0) is 15.6. The fourth-order valence-electron chi connectivity index (χ4n) is 2.39. The van der Waals surface area contributed by atoms with Crippen LogP contribution >= 0.6 is 0 Å². The zero-order valence-electron chi connectivity index (χ0n) is 12.8. The van der Waals surface area contributed by atoms with Crippen molar-refractivity contribution in [2.45, 2.75) is 40.8 Å². The summed E-state index contributed by atoms with van der Waals surface area (Å²) in [6, 6.07) is 3.69. The molecule has 0 saturated carbocycles. The van der Waals surface area contributed by atoms with Crippen molar-refractivity contribution in [1.29, 1.82) is 0 Å². The topological polar surface area (TPSA) is 68.9 Å². The third kappa shape index (κ3) is 2.89. The Hall–Kier alpha value is -2.37. The number of carbonyl (C=O) groups is 1. The lowest BCUT2D eigenvalue weighted by Crippen LogP contribution is -2.23. The van der Waals surface area contributed by atoms with E-state index in [0.29, 0.717) is 24.6 Å². The number of hydrogen-bond donors (Lipinski definition) is 1. The maximum absolute atomic E-state index is 12.2. The normalized spacial score (nSPS) is 11.9. The quantitative estimate of drug-likeness (QED) is 0.856. The molecule has 6 nitrogen and oxygen atoms in total. The van der Waals surface area contributed by atoms with Crippen molar-refractivity contribution in [3.05, 3.63) is 34.4 Å². The van der Waals surface area contributed by atoms with Gasteiger partial charge in [0.15, 0.2) is 11.4 Å². The van der Waals surface area contributed by atoms with E-state index in [1.54, 1.807) is 16.1 Å². The molecule has 0 spiro atoms. The lowest BCUT2D eigenvalue weighted by Gasteiger charge is -2.06. The SMILES string of the molecule is CCn1c(=O)n(CC)c2nc(NC(C)=CC(C)=O)ccc21. The molecule has 21 heavy (non-hydrogen) atoms. The molecule has 2 aromatic rings. The van der Waals surface area contributed by atoms with Gasteiger partial charge in [0.05, 0.1) is 5.52 Å². The highest BCUT2D eigenvalue weighted by molar-refractivity contribution is 5.88. The average Bonchev–Trinajstić information content (AvgIpc) is 2.68. The van der Waals surface area contributed by atoms with Crippen molar-refractivity contribution in [2.24, 2.45) is 0 Å². The molecular formula is C15H20N4O2. The lowest BCUT2D eigenvalue weighted by atomic mass is 10.3. The molecule has 2 aromatic heterocycles. The molecule has 1 N–H and O–H groups in total. The van der Waals surface area contributed by atoms with E-state index in [1.807, 2.05) is 26.0 Å². The molecule has 6 heteroatoms. The van der Waals surface area contributed by atoms with Crippen molar-refractivity contribution in [3.8, 4) is 0 Å². The number of rotatable bonds is 5. The number of anilines is 1. The molecule has 0 bridgehead atoms. The summed E-state index contributed by atoms with van der Waals surface area (Å²) in [4.78, 5) is 27.8. The van der Waals surface area contributed by atoms with Crippen molar-refractivity contribution in [1.82, 2.24) is 14.1 Å². The van der Waals surface area contributed by atoms with Gasteiger partial charge in [-0.2, -0.15) is 0 Å². The van der Waals surface area contributed by atoms with Crippen LogP contribution in [0.5, 0.6) is 0 Å². The molecule has 0 radical (unpaired) electrons. The second kappa shape index (κ2) is 5.95. The van der Waals surface area contributed by atoms with Gasteiger partial charge in [-0.3, -0.25) is 13.9 Å². The Kier molecular flexibility index (Phi) is 4.26. The molecule has 0 aromatic carbocycles. The van der Waals surface area contributed by atoms with E-state index < -0.39 is 0 Å². The van der Waals surface area contributed by atoms with E-state index >= 15 is 0 Å². The molecule has 0 unspecified atom stereocenters. The van der Waals surface area contributed by atoms with Gasteiger partial charge in [-0.25, -0.2) is 9.78 Å². The third-order valence-electron chi connectivity index (χ3n) is 3.24.